The third-order valence-electron chi connectivity index (χ3n) is 5.76. The molecule has 2 aliphatic heterocycles. The molecule has 0 aliphatic carbocycles. The Morgan fingerprint density at radius 2 is 2.06 bits per heavy atom. The maximum atomic E-state index is 15.1. The zero-order valence-electron chi connectivity index (χ0n) is 18.3. The van der Waals surface area contributed by atoms with E-state index >= 15 is 4.39 Å². The van der Waals surface area contributed by atoms with E-state index in [1.807, 2.05) is 0 Å². The molecule has 1 amide bonds. The second kappa shape index (κ2) is 9.10. The number of hydrogen-bond acceptors (Lipinski definition) is 8. The Bertz CT molecular complexity index is 1230. The molecule has 0 radical (unpaired) electrons. The highest BCUT2D eigenvalue weighted by Crippen LogP contribution is 2.33. The number of cyclic esters (lactones) is 1. The largest absolute Gasteiger partial charge is 0.496 e. The molecule has 0 saturated carbocycles. The average molecular weight is 467 g/mol. The quantitative estimate of drug-likeness (QED) is 0.569. The van der Waals surface area contributed by atoms with Crippen LogP contribution in [0.2, 0.25) is 0 Å². The lowest BCUT2D eigenvalue weighted by molar-refractivity contribution is 0.0390. The van der Waals surface area contributed by atoms with Crippen LogP contribution >= 0.6 is 0 Å². The van der Waals surface area contributed by atoms with Gasteiger partial charge in [0.25, 0.3) is 0 Å². The van der Waals surface area contributed by atoms with Gasteiger partial charge in [0, 0.05) is 23.7 Å². The van der Waals surface area contributed by atoms with Crippen LogP contribution < -0.4 is 9.64 Å². The molecule has 1 unspecified atom stereocenters. The van der Waals surface area contributed by atoms with Crippen LogP contribution in [0.25, 0.3) is 11.1 Å². The van der Waals surface area contributed by atoms with Crippen LogP contribution in [0, 0.1) is 5.82 Å². The fourth-order valence-corrected chi connectivity index (χ4v) is 4.05. The molecule has 10 nitrogen and oxygen atoms in total. The summed E-state index contributed by atoms with van der Waals surface area (Å²) in [6, 6.07) is 9.89. The minimum absolute atomic E-state index is 0.128. The first kappa shape index (κ1) is 21.8. The van der Waals surface area contributed by atoms with Gasteiger partial charge in [-0.1, -0.05) is 16.4 Å². The number of halogens is 1. The average Bonchev–Trinajstić information content (AvgIpc) is 3.60. The predicted octanol–water partition coefficient (Wildman–Crippen LogP) is 2.60. The molecule has 0 bridgehead atoms. The number of amides is 1. The van der Waals surface area contributed by atoms with Crippen molar-refractivity contribution >= 4 is 17.5 Å². The van der Waals surface area contributed by atoms with Gasteiger partial charge in [0.1, 0.15) is 17.7 Å². The van der Waals surface area contributed by atoms with Crippen molar-refractivity contribution in [3.05, 3.63) is 60.2 Å². The van der Waals surface area contributed by atoms with Crippen LogP contribution in [-0.2, 0) is 16.1 Å². The Balaban J connectivity index is 1.35. The van der Waals surface area contributed by atoms with E-state index in [1.165, 1.54) is 18.1 Å². The molecule has 3 heterocycles. The molecule has 176 valence electrons. The molecular weight excluding hydrogens is 445 g/mol. The number of oxime groups is 1. The number of benzene rings is 2. The Labute approximate surface area is 194 Å². The van der Waals surface area contributed by atoms with Crippen molar-refractivity contribution in [1.29, 1.82) is 0 Å². The van der Waals surface area contributed by atoms with Crippen LogP contribution in [0.15, 0.2) is 53.9 Å². The summed E-state index contributed by atoms with van der Waals surface area (Å²) in [5.74, 6) is 0.0303. The van der Waals surface area contributed by atoms with Gasteiger partial charge in [0.15, 0.2) is 6.10 Å². The third-order valence-corrected chi connectivity index (χ3v) is 5.76. The molecular formula is C23H22FN5O5. The molecule has 2 aromatic carbocycles. The summed E-state index contributed by atoms with van der Waals surface area (Å²) < 4.78 is 27.6. The van der Waals surface area contributed by atoms with Gasteiger partial charge in [-0.2, -0.15) is 0 Å². The first-order chi connectivity index (χ1) is 16.6. The summed E-state index contributed by atoms with van der Waals surface area (Å²) >= 11 is 0. The molecule has 2 aliphatic rings. The topological polar surface area (TPSA) is 111 Å². The Morgan fingerprint density at radius 1 is 1.21 bits per heavy atom. The smallest absolute Gasteiger partial charge is 0.414 e. The fraction of sp³-hybridized carbons (Fsp3) is 0.304. The van der Waals surface area contributed by atoms with E-state index in [4.69, 9.17) is 14.3 Å². The standard InChI is InChI=1S/C23H22FN5O5/c1-32-22-8-14(2-4-19(22)21-10-16(13-30)34-26-21)18-5-3-15(9-20(18)24)29-12-17(33-23(29)31)11-28-7-6-25-27-28/h2-9,16-17,30H,10-13H2,1H3/t16?,17-/m0/s1. The highest BCUT2D eigenvalue weighted by Gasteiger charge is 2.33. The summed E-state index contributed by atoms with van der Waals surface area (Å²) in [5, 5.41) is 20.9. The number of methoxy groups -OCH3 is 1. The molecule has 1 fully saturated rings. The van der Waals surface area contributed by atoms with Gasteiger partial charge in [-0.3, -0.25) is 4.90 Å². The minimum atomic E-state index is -0.538. The monoisotopic (exact) mass is 467 g/mol. The summed E-state index contributed by atoms with van der Waals surface area (Å²) in [4.78, 5) is 18.9. The number of ether oxygens (including phenoxy) is 2. The summed E-state index contributed by atoms with van der Waals surface area (Å²) in [5.41, 5.74) is 2.75. The van der Waals surface area contributed by atoms with Crippen LogP contribution in [0.4, 0.5) is 14.9 Å². The lowest BCUT2D eigenvalue weighted by Gasteiger charge is -2.15. The van der Waals surface area contributed by atoms with E-state index in [0.717, 1.165) is 5.56 Å². The van der Waals surface area contributed by atoms with Crippen molar-refractivity contribution < 1.29 is 28.6 Å². The molecule has 11 heteroatoms. The number of hydrogen-bond donors (Lipinski definition) is 1. The minimum Gasteiger partial charge on any atom is -0.496 e. The van der Waals surface area contributed by atoms with Gasteiger partial charge in [-0.05, 0) is 35.9 Å². The highest BCUT2D eigenvalue weighted by molar-refractivity contribution is 6.04. The zero-order valence-corrected chi connectivity index (χ0v) is 18.3. The van der Waals surface area contributed by atoms with Crippen LogP contribution in [0.1, 0.15) is 12.0 Å². The SMILES string of the molecule is COc1cc(-c2ccc(N3C[C@H](Cn4ccnn4)OC3=O)cc2F)ccc1C1=NOC(CO)C1. The Hall–Kier alpha value is -3.99. The van der Waals surface area contributed by atoms with Gasteiger partial charge >= 0.3 is 6.09 Å². The molecule has 2 atom stereocenters. The van der Waals surface area contributed by atoms with Crippen LogP contribution in [-0.4, -0.2) is 64.4 Å². The van der Waals surface area contributed by atoms with Gasteiger partial charge < -0.3 is 19.4 Å². The van der Waals surface area contributed by atoms with Crippen molar-refractivity contribution in [2.75, 3.05) is 25.2 Å². The molecule has 34 heavy (non-hydrogen) atoms. The van der Waals surface area contributed by atoms with E-state index in [9.17, 15) is 9.90 Å². The number of aliphatic hydroxyl groups excluding tert-OH is 1. The van der Waals surface area contributed by atoms with Crippen LogP contribution in [0.3, 0.4) is 0 Å². The van der Waals surface area contributed by atoms with Crippen LogP contribution in [0.5, 0.6) is 5.75 Å². The number of rotatable bonds is 7. The highest BCUT2D eigenvalue weighted by atomic mass is 19.1. The van der Waals surface area contributed by atoms with E-state index in [2.05, 4.69) is 15.5 Å². The van der Waals surface area contributed by atoms with Crippen molar-refractivity contribution in [2.45, 2.75) is 25.2 Å². The van der Waals surface area contributed by atoms with Crippen molar-refractivity contribution in [2.24, 2.45) is 5.16 Å². The van der Waals surface area contributed by atoms with E-state index < -0.39 is 18.0 Å². The third kappa shape index (κ3) is 4.17. The van der Waals surface area contributed by atoms with Gasteiger partial charge in [0.05, 0.1) is 44.4 Å². The first-order valence-corrected chi connectivity index (χ1v) is 10.7. The number of nitrogens with zero attached hydrogens (tertiary/aromatic N) is 5. The molecule has 1 N–H and O–H groups in total. The normalized spacial score (nSPS) is 19.7. The van der Waals surface area contributed by atoms with E-state index in [1.54, 1.807) is 47.4 Å². The number of aliphatic hydroxyl groups is 1. The molecule has 1 aromatic heterocycles. The molecule has 5 rings (SSSR count). The summed E-state index contributed by atoms with van der Waals surface area (Å²) in [6.07, 6.45) is 2.36. The first-order valence-electron chi connectivity index (χ1n) is 10.7. The lowest BCUT2D eigenvalue weighted by atomic mass is 9.98. The number of carbonyl (C=O) groups excluding carboxylic acids is 1. The molecule has 0 spiro atoms. The predicted molar refractivity (Wildman–Crippen MR) is 119 cm³/mol. The number of aromatic nitrogens is 3. The second-order valence-corrected chi connectivity index (χ2v) is 7.97. The fourth-order valence-electron chi connectivity index (χ4n) is 4.05. The molecule has 1 saturated heterocycles. The Kier molecular flexibility index (Phi) is 5.84. The summed E-state index contributed by atoms with van der Waals surface area (Å²) in [7, 11) is 1.52. The van der Waals surface area contributed by atoms with Crippen molar-refractivity contribution in [1.82, 2.24) is 15.0 Å². The maximum absolute atomic E-state index is 15.1. The van der Waals surface area contributed by atoms with Gasteiger partial charge in [-0.25, -0.2) is 13.9 Å². The molecule has 3 aromatic rings. The Morgan fingerprint density at radius 3 is 2.76 bits per heavy atom. The zero-order chi connectivity index (χ0) is 23.7. The van der Waals surface area contributed by atoms with Crippen molar-refractivity contribution in [3.63, 3.8) is 0 Å². The summed E-state index contributed by atoms with van der Waals surface area (Å²) in [6.45, 7) is 0.514. The second-order valence-electron chi connectivity index (χ2n) is 7.97. The lowest BCUT2D eigenvalue weighted by Crippen LogP contribution is -2.26. The number of carbonyl (C=O) groups is 1. The van der Waals surface area contributed by atoms with Gasteiger partial charge in [-0.15, -0.1) is 5.10 Å². The van der Waals surface area contributed by atoms with E-state index in [-0.39, 0.29) is 19.3 Å². The maximum Gasteiger partial charge on any atom is 0.414 e. The van der Waals surface area contributed by atoms with Crippen molar-refractivity contribution in [3.8, 4) is 16.9 Å². The van der Waals surface area contributed by atoms with Gasteiger partial charge in [0.2, 0.25) is 0 Å². The number of anilines is 1. The van der Waals surface area contributed by atoms with E-state index in [0.29, 0.717) is 41.2 Å².